The van der Waals surface area contributed by atoms with E-state index in [1.165, 1.54) is 20.0 Å². The minimum absolute atomic E-state index is 0.150. The molecule has 5 nitrogen and oxygen atoms in total. The number of ether oxygens (including phenoxy) is 1. The molecule has 1 aromatic heterocycles. The first-order valence-corrected chi connectivity index (χ1v) is 6.75. The summed E-state index contributed by atoms with van der Waals surface area (Å²) in [6.45, 7) is 0.623. The number of pyridine rings is 1. The molecule has 1 aliphatic carbocycles. The fourth-order valence-corrected chi connectivity index (χ4v) is 2.54. The largest absolute Gasteiger partial charge is 0.480 e. The van der Waals surface area contributed by atoms with Crippen molar-refractivity contribution in [3.05, 3.63) is 23.9 Å². The van der Waals surface area contributed by atoms with E-state index in [1.807, 2.05) is 0 Å². The van der Waals surface area contributed by atoms with Gasteiger partial charge in [0, 0.05) is 18.8 Å². The second kappa shape index (κ2) is 6.52. The lowest BCUT2D eigenvalue weighted by Crippen LogP contribution is -2.41. The molecule has 1 saturated carbocycles. The van der Waals surface area contributed by atoms with Crippen LogP contribution in [0.5, 0.6) is 5.88 Å². The van der Waals surface area contributed by atoms with Crippen molar-refractivity contribution in [1.29, 1.82) is 0 Å². The molecule has 0 spiro atoms. The van der Waals surface area contributed by atoms with Gasteiger partial charge in [0.2, 0.25) is 5.88 Å². The normalized spacial score (nSPS) is 22.8. The summed E-state index contributed by atoms with van der Waals surface area (Å²) in [6.07, 6.45) is 6.14. The van der Waals surface area contributed by atoms with Crippen molar-refractivity contribution >= 4 is 5.91 Å². The van der Waals surface area contributed by atoms with Gasteiger partial charge in [-0.15, -0.1) is 0 Å². The number of nitrogens with one attached hydrogen (secondary N) is 1. The Morgan fingerprint density at radius 2 is 2.32 bits per heavy atom. The second-order valence-electron chi connectivity index (χ2n) is 4.98. The predicted octanol–water partition coefficient (Wildman–Crippen LogP) is 1.34. The Morgan fingerprint density at radius 3 is 3.05 bits per heavy atom. The Labute approximate surface area is 113 Å². The van der Waals surface area contributed by atoms with Gasteiger partial charge < -0.3 is 15.8 Å². The molecule has 2 atom stereocenters. The lowest BCUT2D eigenvalue weighted by atomic mass is 9.85. The highest BCUT2D eigenvalue weighted by Gasteiger charge is 2.22. The third kappa shape index (κ3) is 3.44. The van der Waals surface area contributed by atoms with Gasteiger partial charge in [0.05, 0.1) is 7.11 Å². The number of amides is 1. The van der Waals surface area contributed by atoms with Crippen LogP contribution in [-0.2, 0) is 0 Å². The molecule has 1 amide bonds. The van der Waals surface area contributed by atoms with Crippen molar-refractivity contribution in [2.24, 2.45) is 11.7 Å². The van der Waals surface area contributed by atoms with Crippen molar-refractivity contribution < 1.29 is 9.53 Å². The van der Waals surface area contributed by atoms with Crippen LogP contribution in [0.2, 0.25) is 0 Å². The fourth-order valence-electron chi connectivity index (χ4n) is 2.54. The summed E-state index contributed by atoms with van der Waals surface area (Å²) < 4.78 is 5.08. The summed E-state index contributed by atoms with van der Waals surface area (Å²) in [7, 11) is 1.51. The first-order chi connectivity index (χ1) is 9.22. The van der Waals surface area contributed by atoms with E-state index in [1.54, 1.807) is 18.3 Å². The smallest absolute Gasteiger partial charge is 0.256 e. The molecular weight excluding hydrogens is 242 g/mol. The molecule has 3 N–H and O–H groups in total. The first kappa shape index (κ1) is 13.8. The van der Waals surface area contributed by atoms with Gasteiger partial charge in [-0.3, -0.25) is 4.79 Å². The van der Waals surface area contributed by atoms with E-state index in [2.05, 4.69) is 10.3 Å². The quantitative estimate of drug-likeness (QED) is 0.859. The molecule has 2 rings (SSSR count). The SMILES string of the molecule is COc1ncccc1C(=O)NCC1CCCCC1N. The van der Waals surface area contributed by atoms with Gasteiger partial charge in [0.25, 0.3) is 5.91 Å². The molecule has 0 bridgehead atoms. The van der Waals surface area contributed by atoms with E-state index in [9.17, 15) is 4.79 Å². The van der Waals surface area contributed by atoms with Crippen molar-refractivity contribution in [1.82, 2.24) is 10.3 Å². The van der Waals surface area contributed by atoms with Crippen LogP contribution < -0.4 is 15.8 Å². The van der Waals surface area contributed by atoms with E-state index >= 15 is 0 Å². The minimum Gasteiger partial charge on any atom is -0.480 e. The first-order valence-electron chi connectivity index (χ1n) is 6.75. The molecule has 0 radical (unpaired) electrons. The summed E-state index contributed by atoms with van der Waals surface area (Å²) >= 11 is 0. The number of carbonyl (C=O) groups is 1. The number of hydrogen-bond donors (Lipinski definition) is 2. The highest BCUT2D eigenvalue weighted by Crippen LogP contribution is 2.22. The summed E-state index contributed by atoms with van der Waals surface area (Å²) in [6, 6.07) is 3.64. The average molecular weight is 263 g/mol. The van der Waals surface area contributed by atoms with Crippen molar-refractivity contribution in [3.8, 4) is 5.88 Å². The van der Waals surface area contributed by atoms with Crippen LogP contribution in [0.3, 0.4) is 0 Å². The van der Waals surface area contributed by atoms with Gasteiger partial charge in [-0.05, 0) is 30.9 Å². The molecule has 0 saturated heterocycles. The van der Waals surface area contributed by atoms with Crippen LogP contribution in [0.1, 0.15) is 36.0 Å². The van der Waals surface area contributed by atoms with Gasteiger partial charge in [-0.2, -0.15) is 0 Å². The van der Waals surface area contributed by atoms with Crippen LogP contribution in [0.4, 0.5) is 0 Å². The number of carbonyl (C=O) groups excluding carboxylic acids is 1. The highest BCUT2D eigenvalue weighted by molar-refractivity contribution is 5.96. The third-order valence-corrected chi connectivity index (χ3v) is 3.70. The highest BCUT2D eigenvalue weighted by atomic mass is 16.5. The predicted molar refractivity (Wildman–Crippen MR) is 73.1 cm³/mol. The molecule has 1 aromatic rings. The van der Waals surface area contributed by atoms with Crippen LogP contribution in [-0.4, -0.2) is 30.6 Å². The molecule has 104 valence electrons. The number of aromatic nitrogens is 1. The van der Waals surface area contributed by atoms with Gasteiger partial charge in [-0.1, -0.05) is 12.8 Å². The fraction of sp³-hybridized carbons (Fsp3) is 0.571. The number of rotatable bonds is 4. The van der Waals surface area contributed by atoms with Gasteiger partial charge in [0.15, 0.2) is 0 Å². The number of nitrogens with two attached hydrogens (primary N) is 1. The minimum atomic E-state index is -0.150. The monoisotopic (exact) mass is 263 g/mol. The van der Waals surface area contributed by atoms with Crippen LogP contribution in [0.25, 0.3) is 0 Å². The van der Waals surface area contributed by atoms with E-state index in [4.69, 9.17) is 10.5 Å². The molecular formula is C14H21N3O2. The zero-order chi connectivity index (χ0) is 13.7. The van der Waals surface area contributed by atoms with Gasteiger partial charge in [0.1, 0.15) is 5.56 Å². The molecule has 19 heavy (non-hydrogen) atoms. The summed E-state index contributed by atoms with van der Waals surface area (Å²) in [5, 5.41) is 2.93. The van der Waals surface area contributed by atoms with E-state index in [0.717, 1.165) is 12.8 Å². The topological polar surface area (TPSA) is 77.2 Å². The Kier molecular flexibility index (Phi) is 4.74. The Balaban J connectivity index is 1.93. The lowest BCUT2D eigenvalue weighted by Gasteiger charge is -2.28. The maximum Gasteiger partial charge on any atom is 0.256 e. The molecule has 1 aliphatic rings. The standard InChI is InChI=1S/C14H21N3O2/c1-19-14-11(6-4-8-16-14)13(18)17-9-10-5-2-3-7-12(10)15/h4,6,8,10,12H,2-3,5,7,9,15H2,1H3,(H,17,18). The van der Waals surface area contributed by atoms with Gasteiger partial charge >= 0.3 is 0 Å². The molecule has 0 aromatic carbocycles. The lowest BCUT2D eigenvalue weighted by molar-refractivity contribution is 0.0937. The maximum atomic E-state index is 12.1. The van der Waals surface area contributed by atoms with Crippen LogP contribution >= 0.6 is 0 Å². The van der Waals surface area contributed by atoms with E-state index < -0.39 is 0 Å². The average Bonchev–Trinajstić information content (AvgIpc) is 2.46. The molecule has 2 unspecified atom stereocenters. The molecule has 0 aliphatic heterocycles. The van der Waals surface area contributed by atoms with Crippen molar-refractivity contribution in [3.63, 3.8) is 0 Å². The Bertz CT molecular complexity index is 436. The third-order valence-electron chi connectivity index (χ3n) is 3.70. The number of methoxy groups -OCH3 is 1. The van der Waals surface area contributed by atoms with Crippen molar-refractivity contribution in [2.75, 3.05) is 13.7 Å². The summed E-state index contributed by atoms with van der Waals surface area (Å²) in [4.78, 5) is 16.1. The maximum absolute atomic E-state index is 12.1. The molecule has 5 heteroatoms. The summed E-state index contributed by atoms with van der Waals surface area (Å²) in [5.41, 5.74) is 6.54. The van der Waals surface area contributed by atoms with Crippen LogP contribution in [0, 0.1) is 5.92 Å². The Morgan fingerprint density at radius 1 is 1.53 bits per heavy atom. The summed E-state index contributed by atoms with van der Waals surface area (Å²) in [5.74, 6) is 0.580. The van der Waals surface area contributed by atoms with Gasteiger partial charge in [-0.25, -0.2) is 4.98 Å². The Hall–Kier alpha value is -1.62. The van der Waals surface area contributed by atoms with Crippen molar-refractivity contribution in [2.45, 2.75) is 31.7 Å². The number of hydrogen-bond acceptors (Lipinski definition) is 4. The zero-order valence-corrected chi connectivity index (χ0v) is 11.3. The molecule has 1 fully saturated rings. The molecule has 1 heterocycles. The second-order valence-corrected chi connectivity index (χ2v) is 4.98. The zero-order valence-electron chi connectivity index (χ0n) is 11.3. The number of nitrogens with zero attached hydrogens (tertiary/aromatic N) is 1. The van der Waals surface area contributed by atoms with E-state index in [-0.39, 0.29) is 11.9 Å². The van der Waals surface area contributed by atoms with E-state index in [0.29, 0.717) is 23.9 Å². The van der Waals surface area contributed by atoms with Crippen LogP contribution in [0.15, 0.2) is 18.3 Å².